The predicted octanol–water partition coefficient (Wildman–Crippen LogP) is 2.75. The van der Waals surface area contributed by atoms with Crippen LogP contribution in [0.3, 0.4) is 0 Å². The summed E-state index contributed by atoms with van der Waals surface area (Å²) in [5.41, 5.74) is 2.81. The average molecular weight is 419 g/mol. The molecule has 1 aliphatic heterocycles. The second-order valence-electron chi connectivity index (χ2n) is 6.23. The first-order valence-electron chi connectivity index (χ1n) is 8.74. The zero-order chi connectivity index (χ0) is 19.7. The van der Waals surface area contributed by atoms with Gasteiger partial charge in [-0.1, -0.05) is 11.8 Å². The molecule has 0 atom stereocenters. The predicted molar refractivity (Wildman–Crippen MR) is 106 cm³/mol. The van der Waals surface area contributed by atoms with E-state index in [-0.39, 0.29) is 17.3 Å². The molecular weight excluding hydrogens is 400 g/mol. The van der Waals surface area contributed by atoms with Gasteiger partial charge in [0, 0.05) is 18.3 Å². The summed E-state index contributed by atoms with van der Waals surface area (Å²) in [7, 11) is -3.29. The van der Waals surface area contributed by atoms with Crippen molar-refractivity contribution in [1.29, 1.82) is 0 Å². The van der Waals surface area contributed by atoms with Crippen LogP contribution in [0.5, 0.6) is 0 Å². The van der Waals surface area contributed by atoms with Gasteiger partial charge in [0.25, 0.3) is 11.1 Å². The Morgan fingerprint density at radius 1 is 1.32 bits per heavy atom. The maximum absolute atomic E-state index is 12.5. The van der Waals surface area contributed by atoms with E-state index in [1.54, 1.807) is 31.3 Å². The Bertz CT molecular complexity index is 1110. The molecule has 0 fully saturated rings. The zero-order valence-electron chi connectivity index (χ0n) is 15.1. The van der Waals surface area contributed by atoms with E-state index < -0.39 is 10.0 Å². The van der Waals surface area contributed by atoms with Crippen LogP contribution in [0.15, 0.2) is 46.2 Å². The lowest BCUT2D eigenvalue weighted by Crippen LogP contribution is -2.30. The highest BCUT2D eigenvalue weighted by molar-refractivity contribution is 7.99. The van der Waals surface area contributed by atoms with Crippen LogP contribution in [-0.2, 0) is 16.4 Å². The van der Waals surface area contributed by atoms with Crippen LogP contribution in [0, 0.1) is 0 Å². The topological polar surface area (TPSA) is 109 Å². The molecule has 0 unspecified atom stereocenters. The van der Waals surface area contributed by atoms with E-state index in [4.69, 9.17) is 4.42 Å². The molecule has 10 heteroatoms. The number of nitrogens with one attached hydrogen (secondary N) is 1. The van der Waals surface area contributed by atoms with E-state index in [1.165, 1.54) is 16.1 Å². The van der Waals surface area contributed by atoms with E-state index in [9.17, 15) is 13.2 Å². The van der Waals surface area contributed by atoms with E-state index in [0.717, 1.165) is 11.3 Å². The lowest BCUT2D eigenvalue weighted by molar-refractivity contribution is 0.102. The maximum Gasteiger partial charge on any atom is 0.277 e. The molecule has 146 valence electrons. The van der Waals surface area contributed by atoms with Crippen LogP contribution in [0.4, 0.5) is 5.69 Å². The molecule has 4 rings (SSSR count). The number of carbonyl (C=O) groups excluding carboxylic acids is 1. The SMILES string of the molecule is CCS(=O)(=O)N1CCc2cc(C(=O)CSc3nnc(-c4ccc[nH]4)o3)ccc21. The first-order valence-corrected chi connectivity index (χ1v) is 11.3. The Kier molecular flexibility index (Phi) is 4.98. The number of Topliss-reactive ketones (excluding diaryl/α,β-unsaturated/α-hetero) is 1. The van der Waals surface area contributed by atoms with E-state index in [0.29, 0.717) is 35.3 Å². The highest BCUT2D eigenvalue weighted by Gasteiger charge is 2.28. The molecule has 0 spiro atoms. The van der Waals surface area contributed by atoms with Gasteiger partial charge in [-0.25, -0.2) is 8.42 Å². The van der Waals surface area contributed by atoms with Crippen molar-refractivity contribution in [2.75, 3.05) is 22.4 Å². The van der Waals surface area contributed by atoms with Gasteiger partial charge in [-0.15, -0.1) is 10.2 Å². The Morgan fingerprint density at radius 2 is 2.18 bits per heavy atom. The summed E-state index contributed by atoms with van der Waals surface area (Å²) in [6, 6.07) is 8.81. The van der Waals surface area contributed by atoms with Crippen molar-refractivity contribution in [3.8, 4) is 11.6 Å². The van der Waals surface area contributed by atoms with Crippen LogP contribution >= 0.6 is 11.8 Å². The molecule has 0 radical (unpaired) electrons. The van der Waals surface area contributed by atoms with Gasteiger partial charge in [0.2, 0.25) is 10.0 Å². The van der Waals surface area contributed by atoms with Gasteiger partial charge in [0.15, 0.2) is 5.78 Å². The number of H-pyrrole nitrogens is 1. The monoisotopic (exact) mass is 418 g/mol. The first kappa shape index (κ1) is 18.8. The number of carbonyl (C=O) groups is 1. The number of aromatic nitrogens is 3. The number of sulfonamides is 1. The van der Waals surface area contributed by atoms with Crippen LogP contribution < -0.4 is 4.31 Å². The van der Waals surface area contributed by atoms with Gasteiger partial charge in [-0.05, 0) is 49.2 Å². The molecule has 1 aromatic carbocycles. The lowest BCUT2D eigenvalue weighted by atomic mass is 10.1. The van der Waals surface area contributed by atoms with Gasteiger partial charge in [-0.2, -0.15) is 0 Å². The summed E-state index contributed by atoms with van der Waals surface area (Å²) in [5, 5.41) is 8.22. The number of aromatic amines is 1. The Hall–Kier alpha value is -2.59. The third-order valence-electron chi connectivity index (χ3n) is 4.52. The van der Waals surface area contributed by atoms with Crippen molar-refractivity contribution >= 4 is 33.3 Å². The van der Waals surface area contributed by atoms with Crippen molar-refractivity contribution in [1.82, 2.24) is 15.2 Å². The standard InChI is InChI=1S/C18H18N4O4S2/c1-2-28(24,25)22-9-7-12-10-13(5-6-15(12)22)16(23)11-27-18-21-20-17(26-18)14-4-3-8-19-14/h3-6,8,10,19H,2,7,9,11H2,1H3. The third kappa shape index (κ3) is 3.57. The normalized spacial score (nSPS) is 13.7. The fraction of sp³-hybridized carbons (Fsp3) is 0.278. The minimum Gasteiger partial charge on any atom is -0.410 e. The third-order valence-corrected chi connectivity index (χ3v) is 7.12. The summed E-state index contributed by atoms with van der Waals surface area (Å²) < 4.78 is 31.3. The second kappa shape index (κ2) is 7.44. The van der Waals surface area contributed by atoms with Crippen LogP contribution in [0.1, 0.15) is 22.8 Å². The fourth-order valence-corrected chi connectivity index (χ4v) is 4.86. The number of anilines is 1. The van der Waals surface area contributed by atoms with Crippen molar-refractivity contribution in [2.45, 2.75) is 18.6 Å². The van der Waals surface area contributed by atoms with E-state index in [2.05, 4.69) is 15.2 Å². The van der Waals surface area contributed by atoms with Crippen molar-refractivity contribution in [2.24, 2.45) is 0 Å². The molecule has 0 saturated carbocycles. The largest absolute Gasteiger partial charge is 0.410 e. The van der Waals surface area contributed by atoms with Crippen LogP contribution in [0.25, 0.3) is 11.6 Å². The van der Waals surface area contributed by atoms with Crippen LogP contribution in [0.2, 0.25) is 0 Å². The van der Waals surface area contributed by atoms with E-state index in [1.807, 2.05) is 12.1 Å². The fourth-order valence-electron chi connectivity index (χ4n) is 3.04. The van der Waals surface area contributed by atoms with E-state index >= 15 is 0 Å². The molecule has 3 aromatic rings. The minimum atomic E-state index is -3.29. The highest BCUT2D eigenvalue weighted by atomic mass is 32.2. The van der Waals surface area contributed by atoms with Crippen molar-refractivity contribution in [3.05, 3.63) is 47.7 Å². The number of thioether (sulfide) groups is 1. The highest BCUT2D eigenvalue weighted by Crippen LogP contribution is 2.32. The number of fused-ring (bicyclic) bond motifs is 1. The van der Waals surface area contributed by atoms with Gasteiger partial charge in [-0.3, -0.25) is 9.10 Å². The Labute approximate surface area is 166 Å². The van der Waals surface area contributed by atoms with Crippen molar-refractivity contribution in [3.63, 3.8) is 0 Å². The van der Waals surface area contributed by atoms with Gasteiger partial charge in [0.05, 0.1) is 17.2 Å². The van der Waals surface area contributed by atoms with Crippen LogP contribution in [-0.4, -0.2) is 47.4 Å². The average Bonchev–Trinajstić information content (AvgIpc) is 3.45. The summed E-state index contributed by atoms with van der Waals surface area (Å²) >= 11 is 1.17. The molecule has 0 amide bonds. The smallest absolute Gasteiger partial charge is 0.277 e. The number of ketones is 1. The molecular formula is C18H18N4O4S2. The van der Waals surface area contributed by atoms with Crippen molar-refractivity contribution < 1.29 is 17.6 Å². The number of hydrogen-bond donors (Lipinski definition) is 1. The first-order chi connectivity index (χ1) is 13.5. The molecule has 3 heterocycles. The van der Waals surface area contributed by atoms with Gasteiger partial charge < -0.3 is 9.40 Å². The Morgan fingerprint density at radius 3 is 2.93 bits per heavy atom. The molecule has 2 aromatic heterocycles. The number of rotatable bonds is 7. The molecule has 0 bridgehead atoms. The molecule has 28 heavy (non-hydrogen) atoms. The molecule has 1 N–H and O–H groups in total. The summed E-state index contributed by atoms with van der Waals surface area (Å²) in [4.78, 5) is 15.5. The molecule has 0 saturated heterocycles. The molecule has 8 nitrogen and oxygen atoms in total. The summed E-state index contributed by atoms with van der Waals surface area (Å²) in [6.07, 6.45) is 2.36. The quantitative estimate of drug-likeness (QED) is 0.464. The summed E-state index contributed by atoms with van der Waals surface area (Å²) in [5.74, 6) is 0.500. The zero-order valence-corrected chi connectivity index (χ0v) is 16.7. The molecule has 0 aliphatic carbocycles. The second-order valence-corrected chi connectivity index (χ2v) is 9.34. The summed E-state index contributed by atoms with van der Waals surface area (Å²) in [6.45, 7) is 2.04. The minimum absolute atomic E-state index is 0.0540. The molecule has 1 aliphatic rings. The number of benzene rings is 1. The van der Waals surface area contributed by atoms with Gasteiger partial charge in [0.1, 0.15) is 5.69 Å². The number of nitrogens with zero attached hydrogens (tertiary/aromatic N) is 3. The van der Waals surface area contributed by atoms with Gasteiger partial charge >= 0.3 is 0 Å². The number of hydrogen-bond acceptors (Lipinski definition) is 7. The lowest BCUT2D eigenvalue weighted by Gasteiger charge is -2.18. The maximum atomic E-state index is 12.5. The Balaban J connectivity index is 1.44.